The van der Waals surface area contributed by atoms with E-state index in [-0.39, 0.29) is 12.1 Å². The van der Waals surface area contributed by atoms with Crippen molar-refractivity contribution < 1.29 is 8.78 Å². The summed E-state index contributed by atoms with van der Waals surface area (Å²) in [6.45, 7) is 6.84. The van der Waals surface area contributed by atoms with Gasteiger partial charge < -0.3 is 5.32 Å². The molecule has 5 rings (SSSR count). The molecular weight excluding hydrogens is 428 g/mol. The number of aromatic nitrogens is 3. The third-order valence-electron chi connectivity index (χ3n) is 5.73. The van der Waals surface area contributed by atoms with Crippen molar-refractivity contribution in [3.63, 3.8) is 0 Å². The first-order chi connectivity index (χ1) is 15.4. The number of fused-ring (bicyclic) bond motifs is 3. The second-order valence-electron chi connectivity index (χ2n) is 7.79. The van der Waals surface area contributed by atoms with Crippen molar-refractivity contribution in [2.45, 2.75) is 33.9 Å². The number of nitrogens with zero attached hydrogens (tertiary/aromatic N) is 4. The topological polar surface area (TPSA) is 55.1 Å². The number of rotatable bonds is 4. The number of hydrogen-bond donors (Lipinski definition) is 1. The SMILES string of the molecule is Cc1sc2c(c1C)C(c1ccc(NCc3cc(F)ccc3F)cc1)=NCc1nnc(C)n1-2. The highest BCUT2D eigenvalue weighted by molar-refractivity contribution is 7.15. The summed E-state index contributed by atoms with van der Waals surface area (Å²) in [6, 6.07) is 11.3. The van der Waals surface area contributed by atoms with Gasteiger partial charge >= 0.3 is 0 Å². The summed E-state index contributed by atoms with van der Waals surface area (Å²) in [5, 5.41) is 12.8. The number of anilines is 1. The van der Waals surface area contributed by atoms with E-state index in [1.54, 1.807) is 11.3 Å². The van der Waals surface area contributed by atoms with Crippen LogP contribution in [0.2, 0.25) is 0 Å². The number of aliphatic imine (C=N–C) groups is 1. The Hall–Kier alpha value is -3.39. The highest BCUT2D eigenvalue weighted by atomic mass is 32.1. The molecule has 5 nitrogen and oxygen atoms in total. The maximum atomic E-state index is 13.9. The summed E-state index contributed by atoms with van der Waals surface area (Å²) in [5.74, 6) is 0.799. The van der Waals surface area contributed by atoms with Gasteiger partial charge in [-0.25, -0.2) is 8.78 Å². The number of hydrogen-bond acceptors (Lipinski definition) is 5. The number of halogens is 2. The standard InChI is InChI=1S/C24H21F2N5S/c1-13-14(2)32-24-22(13)23(28-12-21-30-29-15(3)31(21)24)16-4-7-19(8-5-16)27-11-17-10-18(25)6-9-20(17)26/h4-10,27H,11-12H2,1-3H3. The fraction of sp³-hybridized carbons (Fsp3) is 0.208. The van der Waals surface area contributed by atoms with Crippen molar-refractivity contribution in [2.24, 2.45) is 4.99 Å². The lowest BCUT2D eigenvalue weighted by atomic mass is 9.99. The highest BCUT2D eigenvalue weighted by Gasteiger charge is 2.26. The zero-order valence-corrected chi connectivity index (χ0v) is 18.7. The van der Waals surface area contributed by atoms with E-state index in [0.29, 0.717) is 6.54 Å². The molecule has 1 aliphatic rings. The predicted octanol–water partition coefficient (Wildman–Crippen LogP) is 5.50. The fourth-order valence-electron chi connectivity index (χ4n) is 3.90. The Morgan fingerprint density at radius 2 is 1.81 bits per heavy atom. The Morgan fingerprint density at radius 1 is 1.03 bits per heavy atom. The minimum Gasteiger partial charge on any atom is -0.381 e. The first kappa shape index (κ1) is 20.5. The van der Waals surface area contributed by atoms with Crippen LogP contribution in [0.1, 0.15) is 38.8 Å². The van der Waals surface area contributed by atoms with E-state index in [1.165, 1.54) is 16.5 Å². The van der Waals surface area contributed by atoms with Crippen molar-refractivity contribution in [1.29, 1.82) is 0 Å². The van der Waals surface area contributed by atoms with Crippen LogP contribution < -0.4 is 5.32 Å². The normalized spacial score (nSPS) is 12.7. The van der Waals surface area contributed by atoms with Crippen LogP contribution in [0.15, 0.2) is 47.5 Å². The zero-order chi connectivity index (χ0) is 22.4. The van der Waals surface area contributed by atoms with E-state index in [1.807, 2.05) is 31.2 Å². The fourth-order valence-corrected chi connectivity index (χ4v) is 5.13. The summed E-state index contributed by atoms with van der Waals surface area (Å²) < 4.78 is 29.4. The lowest BCUT2D eigenvalue weighted by molar-refractivity contribution is 0.587. The molecule has 0 atom stereocenters. The molecule has 0 radical (unpaired) electrons. The molecule has 1 aliphatic heterocycles. The average Bonchev–Trinajstić information content (AvgIpc) is 3.23. The van der Waals surface area contributed by atoms with Gasteiger partial charge in [-0.2, -0.15) is 0 Å². The lowest BCUT2D eigenvalue weighted by Crippen LogP contribution is -2.07. The minimum atomic E-state index is -0.451. The van der Waals surface area contributed by atoms with Crippen LogP contribution in [0.4, 0.5) is 14.5 Å². The molecular formula is C24H21F2N5S. The average molecular weight is 450 g/mol. The molecule has 0 amide bonds. The molecule has 0 spiro atoms. The van der Waals surface area contributed by atoms with Crippen LogP contribution in [0.5, 0.6) is 0 Å². The lowest BCUT2D eigenvalue weighted by Gasteiger charge is -2.11. The molecule has 3 heterocycles. The van der Waals surface area contributed by atoms with Gasteiger partial charge in [-0.3, -0.25) is 9.56 Å². The second kappa shape index (κ2) is 7.94. The van der Waals surface area contributed by atoms with Gasteiger partial charge in [-0.05, 0) is 56.7 Å². The maximum absolute atomic E-state index is 13.9. The molecule has 162 valence electrons. The highest BCUT2D eigenvalue weighted by Crippen LogP contribution is 2.36. The number of nitrogens with one attached hydrogen (secondary N) is 1. The number of aryl methyl sites for hydroxylation is 2. The minimum absolute atomic E-state index is 0.199. The van der Waals surface area contributed by atoms with Crippen molar-refractivity contribution in [1.82, 2.24) is 14.8 Å². The second-order valence-corrected chi connectivity index (χ2v) is 9.00. The molecule has 8 heteroatoms. The van der Waals surface area contributed by atoms with Gasteiger partial charge in [-0.1, -0.05) is 12.1 Å². The smallest absolute Gasteiger partial charge is 0.160 e. The van der Waals surface area contributed by atoms with Crippen LogP contribution in [0.3, 0.4) is 0 Å². The summed E-state index contributed by atoms with van der Waals surface area (Å²) >= 11 is 1.73. The van der Waals surface area contributed by atoms with E-state index in [0.717, 1.165) is 51.3 Å². The first-order valence-corrected chi connectivity index (χ1v) is 11.1. The van der Waals surface area contributed by atoms with E-state index >= 15 is 0 Å². The Bertz CT molecular complexity index is 1350. The molecule has 1 N–H and O–H groups in total. The Morgan fingerprint density at radius 3 is 2.59 bits per heavy atom. The van der Waals surface area contributed by atoms with Crippen LogP contribution in [-0.2, 0) is 13.1 Å². The van der Waals surface area contributed by atoms with E-state index in [9.17, 15) is 8.78 Å². The molecule has 32 heavy (non-hydrogen) atoms. The quantitative estimate of drug-likeness (QED) is 0.448. The van der Waals surface area contributed by atoms with E-state index in [4.69, 9.17) is 4.99 Å². The Kier molecular flexibility index (Phi) is 5.09. The molecule has 0 unspecified atom stereocenters. The molecule has 2 aromatic carbocycles. The molecule has 0 bridgehead atoms. The summed E-state index contributed by atoms with van der Waals surface area (Å²) in [5.41, 5.74) is 5.33. The largest absolute Gasteiger partial charge is 0.381 e. The third kappa shape index (κ3) is 3.50. The molecule has 0 saturated carbocycles. The molecule has 0 saturated heterocycles. The monoisotopic (exact) mass is 449 g/mol. The summed E-state index contributed by atoms with van der Waals surface area (Å²) in [6.07, 6.45) is 0. The van der Waals surface area contributed by atoms with Gasteiger partial charge in [-0.15, -0.1) is 21.5 Å². The molecule has 2 aromatic heterocycles. The molecule has 0 aliphatic carbocycles. The first-order valence-electron chi connectivity index (χ1n) is 10.3. The van der Waals surface area contributed by atoms with Crippen molar-refractivity contribution in [3.05, 3.63) is 92.9 Å². The van der Waals surface area contributed by atoms with Crippen LogP contribution in [0.25, 0.3) is 5.00 Å². The zero-order valence-electron chi connectivity index (χ0n) is 17.9. The van der Waals surface area contributed by atoms with Gasteiger partial charge in [0, 0.05) is 33.8 Å². The molecule has 4 aromatic rings. The van der Waals surface area contributed by atoms with Crippen molar-refractivity contribution in [2.75, 3.05) is 5.32 Å². The van der Waals surface area contributed by atoms with Gasteiger partial charge in [0.1, 0.15) is 29.0 Å². The summed E-state index contributed by atoms with van der Waals surface area (Å²) in [4.78, 5) is 6.13. The molecule has 0 fully saturated rings. The van der Waals surface area contributed by atoms with Crippen LogP contribution >= 0.6 is 11.3 Å². The number of thiophene rings is 1. The third-order valence-corrected chi connectivity index (χ3v) is 6.92. The van der Waals surface area contributed by atoms with E-state index < -0.39 is 11.6 Å². The summed E-state index contributed by atoms with van der Waals surface area (Å²) in [7, 11) is 0. The van der Waals surface area contributed by atoms with Crippen LogP contribution in [0, 0.1) is 32.4 Å². The van der Waals surface area contributed by atoms with Crippen LogP contribution in [-0.4, -0.2) is 20.5 Å². The Labute approximate surface area is 188 Å². The van der Waals surface area contributed by atoms with Gasteiger partial charge in [0.15, 0.2) is 5.82 Å². The Balaban J connectivity index is 1.45. The maximum Gasteiger partial charge on any atom is 0.160 e. The van der Waals surface area contributed by atoms with Gasteiger partial charge in [0.25, 0.3) is 0 Å². The van der Waals surface area contributed by atoms with Crippen molar-refractivity contribution >= 4 is 22.7 Å². The van der Waals surface area contributed by atoms with Crippen molar-refractivity contribution in [3.8, 4) is 5.00 Å². The predicted molar refractivity (Wildman–Crippen MR) is 123 cm³/mol. The number of benzene rings is 2. The van der Waals surface area contributed by atoms with E-state index in [2.05, 4.69) is 33.9 Å². The van der Waals surface area contributed by atoms with Gasteiger partial charge in [0.2, 0.25) is 0 Å². The van der Waals surface area contributed by atoms with Gasteiger partial charge in [0.05, 0.1) is 5.71 Å².